The second kappa shape index (κ2) is 8.85. The van der Waals surface area contributed by atoms with Gasteiger partial charge in [0.25, 0.3) is 0 Å². The molecule has 7 nitrogen and oxygen atoms in total. The summed E-state index contributed by atoms with van der Waals surface area (Å²) in [5.74, 6) is 1.11. The molecule has 0 fully saturated rings. The molecule has 31 heavy (non-hydrogen) atoms. The van der Waals surface area contributed by atoms with Crippen LogP contribution in [0, 0.1) is 0 Å². The van der Waals surface area contributed by atoms with Crippen molar-refractivity contribution in [1.29, 1.82) is 0 Å². The lowest BCUT2D eigenvalue weighted by molar-refractivity contribution is -0.113. The highest BCUT2D eigenvalue weighted by Gasteiger charge is 2.21. The smallest absolute Gasteiger partial charge is 0.234 e. The molecule has 2 aromatic carbocycles. The highest BCUT2D eigenvalue weighted by Crippen LogP contribution is 2.37. The largest absolute Gasteiger partial charge is 0.454 e. The van der Waals surface area contributed by atoms with Gasteiger partial charge in [-0.25, -0.2) is 4.98 Å². The predicted octanol–water partition coefficient (Wildman–Crippen LogP) is 4.66. The molecule has 3 aromatic rings. The van der Waals surface area contributed by atoms with Crippen LogP contribution in [0.5, 0.6) is 11.5 Å². The molecule has 0 spiro atoms. The van der Waals surface area contributed by atoms with Crippen LogP contribution in [0.15, 0.2) is 53.9 Å². The van der Waals surface area contributed by atoms with Gasteiger partial charge in [-0.15, -0.1) is 0 Å². The van der Waals surface area contributed by atoms with Gasteiger partial charge in [-0.2, -0.15) is 0 Å². The maximum absolute atomic E-state index is 12.7. The molecule has 160 valence electrons. The molecule has 2 heterocycles. The minimum atomic E-state index is -0.238. The second-order valence-corrected chi connectivity index (χ2v) is 8.38. The third-order valence-electron chi connectivity index (χ3n) is 4.92. The van der Waals surface area contributed by atoms with Crippen LogP contribution in [0.2, 0.25) is 0 Å². The van der Waals surface area contributed by atoms with Crippen molar-refractivity contribution in [3.05, 3.63) is 59.9 Å². The lowest BCUT2D eigenvalue weighted by atomic mass is 10.0. The van der Waals surface area contributed by atoms with Gasteiger partial charge in [0.05, 0.1) is 17.1 Å². The third-order valence-corrected chi connectivity index (χ3v) is 5.89. The fourth-order valence-corrected chi connectivity index (χ4v) is 4.19. The first kappa shape index (κ1) is 21.0. The van der Waals surface area contributed by atoms with Crippen LogP contribution >= 0.6 is 11.8 Å². The van der Waals surface area contributed by atoms with Gasteiger partial charge in [-0.3, -0.25) is 14.2 Å². The minimum Gasteiger partial charge on any atom is -0.454 e. The number of thioether (sulfide) groups is 1. The van der Waals surface area contributed by atoms with E-state index in [0.717, 1.165) is 10.8 Å². The van der Waals surface area contributed by atoms with Gasteiger partial charge in [-0.1, -0.05) is 43.8 Å². The zero-order chi connectivity index (χ0) is 22.0. The van der Waals surface area contributed by atoms with Crippen molar-refractivity contribution >= 4 is 29.1 Å². The summed E-state index contributed by atoms with van der Waals surface area (Å²) in [4.78, 5) is 29.1. The molecular weight excluding hydrogens is 414 g/mol. The average Bonchev–Trinajstić information content (AvgIpc) is 3.40. The number of benzene rings is 2. The van der Waals surface area contributed by atoms with Crippen molar-refractivity contribution in [2.24, 2.45) is 0 Å². The summed E-state index contributed by atoms with van der Waals surface area (Å²) >= 11 is 1.33. The van der Waals surface area contributed by atoms with Crippen molar-refractivity contribution < 1.29 is 19.1 Å². The number of para-hydroxylation sites is 1. The highest BCUT2D eigenvalue weighted by molar-refractivity contribution is 7.99. The third kappa shape index (κ3) is 4.44. The Kier molecular flexibility index (Phi) is 5.99. The normalized spacial score (nSPS) is 12.3. The van der Waals surface area contributed by atoms with Crippen molar-refractivity contribution in [2.45, 2.75) is 31.8 Å². The zero-order valence-electron chi connectivity index (χ0n) is 17.5. The first-order chi connectivity index (χ1) is 14.9. The Bertz CT molecular complexity index is 1140. The molecule has 1 N–H and O–H groups in total. The highest BCUT2D eigenvalue weighted by atomic mass is 32.2. The van der Waals surface area contributed by atoms with Crippen LogP contribution in [0.1, 0.15) is 42.6 Å². The first-order valence-corrected chi connectivity index (χ1v) is 10.9. The fraction of sp³-hybridized carbons (Fsp3) is 0.261. The topological polar surface area (TPSA) is 82.5 Å². The maximum Gasteiger partial charge on any atom is 0.234 e. The molecule has 0 saturated carbocycles. The van der Waals surface area contributed by atoms with Crippen molar-refractivity contribution in [3.8, 4) is 17.2 Å². The number of imidazole rings is 1. The lowest BCUT2D eigenvalue weighted by Gasteiger charge is -2.15. The molecule has 0 saturated heterocycles. The summed E-state index contributed by atoms with van der Waals surface area (Å²) < 4.78 is 12.7. The van der Waals surface area contributed by atoms with E-state index < -0.39 is 0 Å². The van der Waals surface area contributed by atoms with Gasteiger partial charge in [0.1, 0.15) is 0 Å². The molecule has 0 unspecified atom stereocenters. The lowest BCUT2D eigenvalue weighted by Crippen LogP contribution is -2.16. The van der Waals surface area contributed by atoms with Crippen molar-refractivity contribution in [1.82, 2.24) is 9.55 Å². The quantitative estimate of drug-likeness (QED) is 0.428. The summed E-state index contributed by atoms with van der Waals surface area (Å²) in [7, 11) is 0. The monoisotopic (exact) mass is 437 g/mol. The Balaban J connectivity index is 1.49. The van der Waals surface area contributed by atoms with E-state index in [1.54, 1.807) is 18.3 Å². The van der Waals surface area contributed by atoms with E-state index >= 15 is 0 Å². The number of nitrogens with zero attached hydrogens (tertiary/aromatic N) is 2. The van der Waals surface area contributed by atoms with Gasteiger partial charge in [0, 0.05) is 24.0 Å². The van der Waals surface area contributed by atoms with Crippen LogP contribution in [-0.2, 0) is 4.79 Å². The Morgan fingerprint density at radius 1 is 1.19 bits per heavy atom. The van der Waals surface area contributed by atoms with E-state index in [2.05, 4.69) is 30.2 Å². The second-order valence-electron chi connectivity index (χ2n) is 7.44. The molecule has 1 aliphatic heterocycles. The SMILES string of the molecule is CC(=O)c1cc2c(cc1NC(=O)CSc1nccn1-c1ccccc1C(C)C)OCO2. The van der Waals surface area contributed by atoms with E-state index in [1.807, 2.05) is 29.0 Å². The van der Waals surface area contributed by atoms with E-state index in [1.165, 1.54) is 24.2 Å². The van der Waals surface area contributed by atoms with E-state index in [-0.39, 0.29) is 24.2 Å². The van der Waals surface area contributed by atoms with Crippen LogP contribution in [-0.4, -0.2) is 33.8 Å². The zero-order valence-corrected chi connectivity index (χ0v) is 18.4. The number of hydrogen-bond donors (Lipinski definition) is 1. The number of carbonyl (C=O) groups is 2. The van der Waals surface area contributed by atoms with Gasteiger partial charge in [0.2, 0.25) is 12.7 Å². The molecule has 0 bridgehead atoms. The van der Waals surface area contributed by atoms with Crippen LogP contribution in [0.4, 0.5) is 5.69 Å². The number of fused-ring (bicyclic) bond motifs is 1. The standard InChI is InChI=1S/C23H23N3O4S/c1-14(2)16-6-4-5-7-19(16)26-9-8-24-23(26)31-12-22(28)25-18-11-21-20(29-13-30-21)10-17(18)15(3)27/h4-11,14H,12-13H2,1-3H3,(H,25,28). The Morgan fingerprint density at radius 2 is 1.94 bits per heavy atom. The summed E-state index contributed by atoms with van der Waals surface area (Å²) in [6, 6.07) is 11.4. The van der Waals surface area contributed by atoms with Gasteiger partial charge in [-0.05, 0) is 30.5 Å². The molecule has 0 aliphatic carbocycles. The molecule has 1 aromatic heterocycles. The fourth-order valence-electron chi connectivity index (χ4n) is 3.43. The number of nitrogens with one attached hydrogen (secondary N) is 1. The molecule has 1 amide bonds. The van der Waals surface area contributed by atoms with Crippen LogP contribution in [0.3, 0.4) is 0 Å². The summed E-state index contributed by atoms with van der Waals surface area (Å²) in [5, 5.41) is 3.54. The number of ether oxygens (including phenoxy) is 2. The molecule has 4 rings (SSSR count). The van der Waals surface area contributed by atoms with E-state index in [0.29, 0.717) is 28.7 Å². The number of Topliss-reactive ketones (excluding diaryl/α,β-unsaturated/α-hetero) is 1. The Labute approximate surface area is 184 Å². The predicted molar refractivity (Wildman–Crippen MR) is 120 cm³/mol. The van der Waals surface area contributed by atoms with E-state index in [9.17, 15) is 9.59 Å². The summed E-state index contributed by atoms with van der Waals surface area (Å²) in [6.07, 6.45) is 3.62. The van der Waals surface area contributed by atoms with E-state index in [4.69, 9.17) is 9.47 Å². The van der Waals surface area contributed by atoms with Gasteiger partial charge in [0.15, 0.2) is 22.4 Å². The minimum absolute atomic E-state index is 0.0977. The molecular formula is C23H23N3O4S. The summed E-state index contributed by atoms with van der Waals surface area (Å²) in [5.41, 5.74) is 3.05. The number of carbonyl (C=O) groups excluding carboxylic acids is 2. The maximum atomic E-state index is 12.7. The average molecular weight is 438 g/mol. The Hall–Kier alpha value is -3.26. The number of hydrogen-bond acceptors (Lipinski definition) is 6. The summed E-state index contributed by atoms with van der Waals surface area (Å²) in [6.45, 7) is 5.84. The molecule has 0 atom stereocenters. The number of amides is 1. The van der Waals surface area contributed by atoms with Crippen LogP contribution in [0.25, 0.3) is 5.69 Å². The van der Waals surface area contributed by atoms with Crippen molar-refractivity contribution in [3.63, 3.8) is 0 Å². The Morgan fingerprint density at radius 3 is 2.68 bits per heavy atom. The number of ketones is 1. The number of aromatic nitrogens is 2. The molecule has 1 aliphatic rings. The first-order valence-electron chi connectivity index (χ1n) is 9.94. The number of rotatable bonds is 7. The molecule has 8 heteroatoms. The number of anilines is 1. The molecule has 0 radical (unpaired) electrons. The van der Waals surface area contributed by atoms with Crippen molar-refractivity contribution in [2.75, 3.05) is 17.9 Å². The van der Waals surface area contributed by atoms with Gasteiger partial charge < -0.3 is 14.8 Å². The van der Waals surface area contributed by atoms with Gasteiger partial charge >= 0.3 is 0 Å². The van der Waals surface area contributed by atoms with Crippen LogP contribution < -0.4 is 14.8 Å².